The van der Waals surface area contributed by atoms with Gasteiger partial charge in [-0.2, -0.15) is 0 Å². The summed E-state index contributed by atoms with van der Waals surface area (Å²) in [4.78, 5) is 32.7. The summed E-state index contributed by atoms with van der Waals surface area (Å²) in [6.45, 7) is 6.25. The monoisotopic (exact) mass is 741 g/mol. The molecule has 5 rings (SSSR count). The van der Waals surface area contributed by atoms with Crippen LogP contribution in [-0.4, -0.2) is 53.8 Å². The summed E-state index contributed by atoms with van der Waals surface area (Å²) >= 11 is 3.66. The SMILES string of the molecule is CC(C)(C)OC(=O)CC[C@]1(C(=O)NNCC(c2ccccc2)c2ccccc2)N=C(c2ccc(OCCCO)cc2)O[C@H]1c1ccccc1Br. The molecule has 0 saturated heterocycles. The van der Waals surface area contributed by atoms with Gasteiger partial charge in [0.25, 0.3) is 5.91 Å². The standard InChI is InChI=1S/C40H44BrN3O6/c1-39(2,3)50-35(46)23-24-40(38(47)44-42-27-33(28-13-6-4-7-14-28)29-15-8-5-9-16-29)36(32-17-10-11-18-34(32)41)49-37(43-40)30-19-21-31(22-20-30)48-26-12-25-45/h4-11,13-22,33,36,42,45H,12,23-27H2,1-3H3,(H,44,47)/t36-,40-/m0/s1. The van der Waals surface area contributed by atoms with Crippen LogP contribution in [0.15, 0.2) is 119 Å². The number of carbonyl (C=O) groups is 2. The maximum absolute atomic E-state index is 14.6. The number of rotatable bonds is 15. The Morgan fingerprint density at radius 3 is 2.14 bits per heavy atom. The summed E-state index contributed by atoms with van der Waals surface area (Å²) in [5, 5.41) is 9.10. The van der Waals surface area contributed by atoms with Gasteiger partial charge in [0, 0.05) is 47.5 Å². The van der Waals surface area contributed by atoms with Gasteiger partial charge in [-0.1, -0.05) is 94.8 Å². The molecule has 0 radical (unpaired) electrons. The molecule has 1 aliphatic rings. The first kappa shape index (κ1) is 36.8. The Bertz CT molecular complexity index is 1710. The normalized spacial score (nSPS) is 17.2. The molecule has 1 heterocycles. The smallest absolute Gasteiger partial charge is 0.306 e. The first-order valence-corrected chi connectivity index (χ1v) is 17.6. The van der Waals surface area contributed by atoms with E-state index < -0.39 is 29.1 Å². The Morgan fingerprint density at radius 2 is 1.54 bits per heavy atom. The van der Waals surface area contributed by atoms with Crippen molar-refractivity contribution in [2.75, 3.05) is 19.8 Å². The van der Waals surface area contributed by atoms with E-state index in [4.69, 9.17) is 24.3 Å². The molecule has 0 aliphatic carbocycles. The number of ether oxygens (including phenoxy) is 3. The Hall–Kier alpha value is -4.51. The van der Waals surface area contributed by atoms with Gasteiger partial charge in [-0.3, -0.25) is 15.0 Å². The van der Waals surface area contributed by atoms with E-state index in [1.807, 2.05) is 93.6 Å². The zero-order chi connectivity index (χ0) is 35.6. The number of nitrogens with one attached hydrogen (secondary N) is 2. The molecule has 0 unspecified atom stereocenters. The molecular formula is C40H44BrN3O6. The molecule has 0 bridgehead atoms. The lowest BCUT2D eigenvalue weighted by atomic mass is 9.83. The van der Waals surface area contributed by atoms with Crippen LogP contribution < -0.4 is 15.6 Å². The Labute approximate surface area is 302 Å². The van der Waals surface area contributed by atoms with Crippen molar-refractivity contribution in [1.29, 1.82) is 0 Å². The Balaban J connectivity index is 1.48. The summed E-state index contributed by atoms with van der Waals surface area (Å²) < 4.78 is 18.7. The fourth-order valence-electron chi connectivity index (χ4n) is 5.86. The number of hydrogen-bond acceptors (Lipinski definition) is 8. The van der Waals surface area contributed by atoms with Crippen LogP contribution in [0.5, 0.6) is 5.75 Å². The molecule has 10 heteroatoms. The summed E-state index contributed by atoms with van der Waals surface area (Å²) in [6.07, 6.45) is -0.406. The molecule has 50 heavy (non-hydrogen) atoms. The van der Waals surface area contributed by atoms with Crippen LogP contribution in [0.1, 0.15) is 74.3 Å². The number of hydrogen-bond donors (Lipinski definition) is 3. The molecule has 4 aromatic rings. The summed E-state index contributed by atoms with van der Waals surface area (Å²) in [5.74, 6) is -0.0389. The second-order valence-corrected chi connectivity index (χ2v) is 14.0. The van der Waals surface area contributed by atoms with Gasteiger partial charge in [-0.25, -0.2) is 10.4 Å². The highest BCUT2D eigenvalue weighted by molar-refractivity contribution is 9.10. The lowest BCUT2D eigenvalue weighted by Crippen LogP contribution is -2.53. The molecule has 2 atom stereocenters. The molecule has 0 saturated carbocycles. The van der Waals surface area contributed by atoms with Gasteiger partial charge in [0.15, 0.2) is 11.6 Å². The van der Waals surface area contributed by atoms with Crippen molar-refractivity contribution in [2.24, 2.45) is 4.99 Å². The predicted molar refractivity (Wildman–Crippen MR) is 197 cm³/mol. The van der Waals surface area contributed by atoms with Gasteiger partial charge >= 0.3 is 5.97 Å². The lowest BCUT2D eigenvalue weighted by Gasteiger charge is -2.31. The molecule has 0 aromatic heterocycles. The molecule has 1 aliphatic heterocycles. The van der Waals surface area contributed by atoms with Crippen LogP contribution >= 0.6 is 15.9 Å². The third-order valence-electron chi connectivity index (χ3n) is 8.26. The maximum Gasteiger partial charge on any atom is 0.306 e. The van der Waals surface area contributed by atoms with Crippen LogP contribution in [0.4, 0.5) is 0 Å². The molecule has 4 aromatic carbocycles. The van der Waals surface area contributed by atoms with Gasteiger partial charge in [0.05, 0.1) is 6.61 Å². The minimum atomic E-state index is -1.55. The van der Waals surface area contributed by atoms with Crippen molar-refractivity contribution < 1.29 is 28.9 Å². The molecular weight excluding hydrogens is 698 g/mol. The van der Waals surface area contributed by atoms with Crippen molar-refractivity contribution in [2.45, 2.75) is 63.2 Å². The van der Waals surface area contributed by atoms with Crippen molar-refractivity contribution >= 4 is 33.7 Å². The van der Waals surface area contributed by atoms with Crippen molar-refractivity contribution in [3.8, 4) is 5.75 Å². The molecule has 262 valence electrons. The number of esters is 1. The van der Waals surface area contributed by atoms with Crippen LogP contribution in [-0.2, 0) is 19.1 Å². The number of carbonyl (C=O) groups excluding carboxylic acids is 2. The Morgan fingerprint density at radius 1 is 0.920 bits per heavy atom. The van der Waals surface area contributed by atoms with Gasteiger partial charge in [0.2, 0.25) is 5.90 Å². The van der Waals surface area contributed by atoms with Crippen LogP contribution in [0.2, 0.25) is 0 Å². The molecule has 3 N–H and O–H groups in total. The first-order chi connectivity index (χ1) is 24.1. The average molecular weight is 743 g/mol. The van der Waals surface area contributed by atoms with Crippen molar-refractivity contribution in [3.05, 3.63) is 136 Å². The summed E-state index contributed by atoms with van der Waals surface area (Å²) in [5.41, 5.74) is 7.45. The van der Waals surface area contributed by atoms with Gasteiger partial charge in [-0.15, -0.1) is 0 Å². The minimum absolute atomic E-state index is 0.0219. The van der Waals surface area contributed by atoms with E-state index in [0.29, 0.717) is 36.4 Å². The van der Waals surface area contributed by atoms with E-state index >= 15 is 0 Å². The molecule has 9 nitrogen and oxygen atoms in total. The lowest BCUT2D eigenvalue weighted by molar-refractivity contribution is -0.155. The number of hydrazine groups is 1. The van der Waals surface area contributed by atoms with E-state index in [0.717, 1.165) is 15.6 Å². The minimum Gasteiger partial charge on any atom is -0.494 e. The first-order valence-electron chi connectivity index (χ1n) is 16.8. The molecule has 0 fully saturated rings. The number of aliphatic imine (C=N–C) groups is 1. The fourth-order valence-corrected chi connectivity index (χ4v) is 6.35. The second kappa shape index (κ2) is 16.9. The number of halogens is 1. The third-order valence-corrected chi connectivity index (χ3v) is 8.98. The van der Waals surface area contributed by atoms with E-state index in [2.05, 4.69) is 51.0 Å². The maximum atomic E-state index is 14.6. The fraction of sp³-hybridized carbons (Fsp3) is 0.325. The quantitative estimate of drug-likeness (QED) is 0.0680. The van der Waals surface area contributed by atoms with Crippen molar-refractivity contribution in [3.63, 3.8) is 0 Å². The van der Waals surface area contributed by atoms with Crippen molar-refractivity contribution in [1.82, 2.24) is 10.9 Å². The molecule has 0 spiro atoms. The Kier molecular flexibility index (Phi) is 12.5. The van der Waals surface area contributed by atoms with Crippen LogP contribution in [0.25, 0.3) is 0 Å². The number of amides is 1. The highest BCUT2D eigenvalue weighted by atomic mass is 79.9. The molecule has 1 amide bonds. The summed E-state index contributed by atoms with van der Waals surface area (Å²) in [7, 11) is 0. The number of aliphatic hydroxyl groups excluding tert-OH is 1. The van der Waals surface area contributed by atoms with E-state index in [-0.39, 0.29) is 31.3 Å². The van der Waals surface area contributed by atoms with Gasteiger partial charge in [-0.05, 0) is 68.7 Å². The van der Waals surface area contributed by atoms with E-state index in [1.54, 1.807) is 12.1 Å². The number of benzene rings is 4. The highest BCUT2D eigenvalue weighted by Crippen LogP contribution is 2.45. The second-order valence-electron chi connectivity index (χ2n) is 13.1. The number of aliphatic hydroxyl groups is 1. The number of nitrogens with zero attached hydrogens (tertiary/aromatic N) is 1. The predicted octanol–water partition coefficient (Wildman–Crippen LogP) is 7.04. The van der Waals surface area contributed by atoms with Crippen LogP contribution in [0, 0.1) is 0 Å². The topological polar surface area (TPSA) is 118 Å². The van der Waals surface area contributed by atoms with E-state index in [9.17, 15) is 9.59 Å². The highest BCUT2D eigenvalue weighted by Gasteiger charge is 2.54. The van der Waals surface area contributed by atoms with Gasteiger partial charge in [0.1, 0.15) is 11.4 Å². The zero-order valence-electron chi connectivity index (χ0n) is 28.6. The van der Waals surface area contributed by atoms with Crippen LogP contribution in [0.3, 0.4) is 0 Å². The van der Waals surface area contributed by atoms with E-state index in [1.165, 1.54) is 0 Å². The zero-order valence-corrected chi connectivity index (χ0v) is 30.2. The average Bonchev–Trinajstić information content (AvgIpc) is 3.50. The third kappa shape index (κ3) is 9.38. The summed E-state index contributed by atoms with van der Waals surface area (Å²) in [6, 6.07) is 35.0. The van der Waals surface area contributed by atoms with Gasteiger partial charge < -0.3 is 19.3 Å². The largest absolute Gasteiger partial charge is 0.494 e.